The van der Waals surface area contributed by atoms with Gasteiger partial charge in [-0.1, -0.05) is 17.7 Å². The summed E-state index contributed by atoms with van der Waals surface area (Å²) >= 11 is 0. The number of hydrogen-bond acceptors (Lipinski definition) is 2. The van der Waals surface area contributed by atoms with Crippen LogP contribution in [-0.2, 0) is 6.42 Å². The van der Waals surface area contributed by atoms with Crippen molar-refractivity contribution >= 4 is 0 Å². The normalized spacial score (nSPS) is 17.1. The first-order valence-corrected chi connectivity index (χ1v) is 7.55. The Balaban J connectivity index is 1.94. The van der Waals surface area contributed by atoms with Crippen LogP contribution in [0.15, 0.2) is 12.1 Å². The van der Waals surface area contributed by atoms with Gasteiger partial charge in [0.05, 0.1) is 0 Å². The molecule has 1 aromatic carbocycles. The molecule has 0 radical (unpaired) electrons. The lowest BCUT2D eigenvalue weighted by Crippen LogP contribution is -2.41. The molecule has 2 heteroatoms. The third-order valence-corrected chi connectivity index (χ3v) is 4.49. The first kappa shape index (κ1) is 14.5. The van der Waals surface area contributed by atoms with Crippen LogP contribution in [0.4, 0.5) is 0 Å². The highest BCUT2D eigenvalue weighted by Gasteiger charge is 2.17. The third-order valence-electron chi connectivity index (χ3n) is 4.49. The molecule has 1 aliphatic heterocycles. The Labute approximate surface area is 118 Å². The maximum atomic E-state index is 3.44. The zero-order valence-corrected chi connectivity index (χ0v) is 12.9. The van der Waals surface area contributed by atoms with Gasteiger partial charge in [-0.05, 0) is 76.9 Å². The van der Waals surface area contributed by atoms with Gasteiger partial charge in [-0.3, -0.25) is 0 Å². The molecule has 2 rings (SSSR count). The van der Waals surface area contributed by atoms with Crippen LogP contribution in [-0.4, -0.2) is 37.6 Å². The predicted molar refractivity (Wildman–Crippen MR) is 82.9 cm³/mol. The number of piperidine rings is 1. The van der Waals surface area contributed by atoms with Crippen LogP contribution in [0.25, 0.3) is 0 Å². The minimum atomic E-state index is 0.771. The van der Waals surface area contributed by atoms with Gasteiger partial charge in [0, 0.05) is 12.6 Å². The fourth-order valence-corrected chi connectivity index (χ4v) is 3.32. The molecule has 0 aromatic heterocycles. The maximum absolute atomic E-state index is 3.44. The molecular weight excluding hydrogens is 232 g/mol. The monoisotopic (exact) mass is 260 g/mol. The molecule has 0 aliphatic carbocycles. The Hall–Kier alpha value is -0.860. The molecule has 0 atom stereocenters. The van der Waals surface area contributed by atoms with Crippen LogP contribution in [0.5, 0.6) is 0 Å². The van der Waals surface area contributed by atoms with Crippen molar-refractivity contribution in [3.63, 3.8) is 0 Å². The van der Waals surface area contributed by atoms with Crippen molar-refractivity contribution in [1.29, 1.82) is 0 Å². The van der Waals surface area contributed by atoms with E-state index in [4.69, 9.17) is 0 Å². The molecule has 0 amide bonds. The SMILES string of the molecule is Cc1cc(C)c(CCN(C)C2CCNCC2)c(C)c1. The summed E-state index contributed by atoms with van der Waals surface area (Å²) in [7, 11) is 2.29. The molecular formula is C17H28N2. The topological polar surface area (TPSA) is 15.3 Å². The molecule has 0 saturated carbocycles. The van der Waals surface area contributed by atoms with Crippen LogP contribution in [0.3, 0.4) is 0 Å². The summed E-state index contributed by atoms with van der Waals surface area (Å²) in [6.45, 7) is 10.2. The van der Waals surface area contributed by atoms with Crippen molar-refractivity contribution in [2.75, 3.05) is 26.7 Å². The fraction of sp³-hybridized carbons (Fsp3) is 0.647. The summed E-state index contributed by atoms with van der Waals surface area (Å²) in [5.41, 5.74) is 5.84. The summed E-state index contributed by atoms with van der Waals surface area (Å²) < 4.78 is 0. The smallest absolute Gasteiger partial charge is 0.0116 e. The van der Waals surface area contributed by atoms with Gasteiger partial charge < -0.3 is 10.2 Å². The highest BCUT2D eigenvalue weighted by molar-refractivity contribution is 5.37. The van der Waals surface area contributed by atoms with E-state index in [9.17, 15) is 0 Å². The van der Waals surface area contributed by atoms with Crippen molar-refractivity contribution in [3.05, 3.63) is 34.4 Å². The molecule has 0 spiro atoms. The molecule has 1 saturated heterocycles. The number of benzene rings is 1. The van der Waals surface area contributed by atoms with E-state index in [1.165, 1.54) is 55.6 Å². The molecule has 1 aromatic rings. The van der Waals surface area contributed by atoms with Gasteiger partial charge in [-0.2, -0.15) is 0 Å². The number of nitrogens with zero attached hydrogens (tertiary/aromatic N) is 1. The van der Waals surface area contributed by atoms with E-state index in [1.807, 2.05) is 0 Å². The van der Waals surface area contributed by atoms with E-state index in [0.29, 0.717) is 0 Å². The quantitative estimate of drug-likeness (QED) is 0.895. The minimum absolute atomic E-state index is 0.771. The Morgan fingerprint density at radius 3 is 2.26 bits per heavy atom. The predicted octanol–water partition coefficient (Wildman–Crippen LogP) is 2.84. The zero-order chi connectivity index (χ0) is 13.8. The summed E-state index contributed by atoms with van der Waals surface area (Å²) in [5.74, 6) is 0. The van der Waals surface area contributed by atoms with Gasteiger partial charge in [0.1, 0.15) is 0 Å². The van der Waals surface area contributed by atoms with Gasteiger partial charge >= 0.3 is 0 Å². The highest BCUT2D eigenvalue weighted by Crippen LogP contribution is 2.18. The Morgan fingerprint density at radius 2 is 1.68 bits per heavy atom. The van der Waals surface area contributed by atoms with Crippen LogP contribution >= 0.6 is 0 Å². The van der Waals surface area contributed by atoms with Gasteiger partial charge in [0.2, 0.25) is 0 Å². The van der Waals surface area contributed by atoms with E-state index >= 15 is 0 Å². The van der Waals surface area contributed by atoms with Gasteiger partial charge in [-0.25, -0.2) is 0 Å². The van der Waals surface area contributed by atoms with Crippen LogP contribution in [0.1, 0.15) is 35.1 Å². The number of rotatable bonds is 4. The highest BCUT2D eigenvalue weighted by atomic mass is 15.1. The first-order valence-electron chi connectivity index (χ1n) is 7.55. The second-order valence-corrected chi connectivity index (χ2v) is 6.09. The van der Waals surface area contributed by atoms with Crippen molar-refractivity contribution in [3.8, 4) is 0 Å². The number of aryl methyl sites for hydroxylation is 3. The van der Waals surface area contributed by atoms with Crippen molar-refractivity contribution < 1.29 is 0 Å². The lowest BCUT2D eigenvalue weighted by atomic mass is 9.96. The third kappa shape index (κ3) is 3.80. The van der Waals surface area contributed by atoms with E-state index in [0.717, 1.165) is 6.04 Å². The summed E-state index contributed by atoms with van der Waals surface area (Å²) in [5, 5.41) is 3.44. The molecule has 0 unspecified atom stereocenters. The Bertz CT molecular complexity index is 396. The molecule has 19 heavy (non-hydrogen) atoms. The van der Waals surface area contributed by atoms with E-state index in [-0.39, 0.29) is 0 Å². The number of hydrogen-bond donors (Lipinski definition) is 1. The Morgan fingerprint density at radius 1 is 1.11 bits per heavy atom. The van der Waals surface area contributed by atoms with Crippen LogP contribution in [0.2, 0.25) is 0 Å². The average Bonchev–Trinajstić information content (AvgIpc) is 2.38. The number of likely N-dealkylation sites (N-methyl/N-ethyl adjacent to an activating group) is 1. The second kappa shape index (κ2) is 6.53. The maximum Gasteiger partial charge on any atom is 0.0116 e. The lowest BCUT2D eigenvalue weighted by Gasteiger charge is -2.31. The zero-order valence-electron chi connectivity index (χ0n) is 12.9. The molecule has 1 fully saturated rings. The molecule has 0 bridgehead atoms. The second-order valence-electron chi connectivity index (χ2n) is 6.09. The molecule has 1 aliphatic rings. The van der Waals surface area contributed by atoms with Gasteiger partial charge in [0.25, 0.3) is 0 Å². The standard InChI is InChI=1S/C17H28N2/c1-13-11-14(2)17(15(3)12-13)7-10-19(4)16-5-8-18-9-6-16/h11-12,16,18H,5-10H2,1-4H3. The number of nitrogens with one attached hydrogen (secondary N) is 1. The van der Waals surface area contributed by atoms with Crippen molar-refractivity contribution in [2.24, 2.45) is 0 Å². The molecule has 1 heterocycles. The van der Waals surface area contributed by atoms with Gasteiger partial charge in [-0.15, -0.1) is 0 Å². The first-order chi connectivity index (χ1) is 9.08. The molecule has 2 nitrogen and oxygen atoms in total. The Kier molecular flexibility index (Phi) is 5.00. The van der Waals surface area contributed by atoms with Crippen molar-refractivity contribution in [1.82, 2.24) is 10.2 Å². The lowest BCUT2D eigenvalue weighted by molar-refractivity contribution is 0.201. The summed E-state index contributed by atoms with van der Waals surface area (Å²) in [4.78, 5) is 2.56. The molecule has 1 N–H and O–H groups in total. The van der Waals surface area contributed by atoms with Gasteiger partial charge in [0.15, 0.2) is 0 Å². The average molecular weight is 260 g/mol. The fourth-order valence-electron chi connectivity index (χ4n) is 3.32. The summed E-state index contributed by atoms with van der Waals surface area (Å²) in [6.07, 6.45) is 3.77. The molecule has 106 valence electrons. The van der Waals surface area contributed by atoms with Crippen LogP contribution < -0.4 is 5.32 Å². The van der Waals surface area contributed by atoms with E-state index in [1.54, 1.807) is 5.56 Å². The van der Waals surface area contributed by atoms with E-state index < -0.39 is 0 Å². The van der Waals surface area contributed by atoms with Crippen LogP contribution in [0, 0.1) is 20.8 Å². The summed E-state index contributed by atoms with van der Waals surface area (Å²) in [6, 6.07) is 5.40. The minimum Gasteiger partial charge on any atom is -0.317 e. The largest absolute Gasteiger partial charge is 0.317 e. The van der Waals surface area contributed by atoms with Crippen molar-refractivity contribution in [2.45, 2.75) is 46.1 Å². The van der Waals surface area contributed by atoms with E-state index in [2.05, 4.69) is 50.2 Å².